The normalized spacial score (nSPS) is 33.8. The molecule has 3 aromatic rings. The topological polar surface area (TPSA) is 34.3 Å². The van der Waals surface area contributed by atoms with Crippen molar-refractivity contribution in [3.63, 3.8) is 0 Å². The molecule has 8 rings (SSSR count). The summed E-state index contributed by atoms with van der Waals surface area (Å²) < 4.78 is 27.2. The lowest BCUT2D eigenvalue weighted by Gasteiger charge is -2.70. The summed E-state index contributed by atoms with van der Waals surface area (Å²) in [5.41, 5.74) is 6.66. The zero-order chi connectivity index (χ0) is 24.4. The van der Waals surface area contributed by atoms with E-state index in [2.05, 4.69) is 70.7 Å². The van der Waals surface area contributed by atoms with E-state index in [1.165, 1.54) is 47.0 Å². The minimum atomic E-state index is -0.933. The van der Waals surface area contributed by atoms with Crippen molar-refractivity contribution in [2.75, 3.05) is 31.6 Å². The second-order valence-electron chi connectivity index (χ2n) is 11.8. The third-order valence-electron chi connectivity index (χ3n) is 9.44. The number of aromatic amines is 1. The molecule has 4 atom stereocenters. The highest BCUT2D eigenvalue weighted by atomic mass is 19.1. The molecular formula is C30H36F2N4. The number of benzene rings is 2. The number of alkyl halides is 2. The first-order valence-corrected chi connectivity index (χ1v) is 13.7. The predicted octanol–water partition coefficient (Wildman–Crippen LogP) is 5.85. The average molecular weight is 491 g/mol. The molecule has 0 spiro atoms. The van der Waals surface area contributed by atoms with E-state index in [1.54, 1.807) is 0 Å². The molecule has 0 unspecified atom stereocenters. The lowest BCUT2D eigenvalue weighted by Crippen LogP contribution is -2.71. The third kappa shape index (κ3) is 3.52. The molecule has 2 bridgehead atoms. The number of aromatic nitrogens is 1. The summed E-state index contributed by atoms with van der Waals surface area (Å²) in [5, 5.41) is 4.77. The van der Waals surface area contributed by atoms with E-state index in [9.17, 15) is 8.78 Å². The molecule has 3 heterocycles. The van der Waals surface area contributed by atoms with Gasteiger partial charge in [-0.15, -0.1) is 0 Å². The number of H-pyrrole nitrogens is 1. The summed E-state index contributed by atoms with van der Waals surface area (Å²) in [4.78, 5) is 8.66. The van der Waals surface area contributed by atoms with Crippen molar-refractivity contribution in [1.82, 2.24) is 14.8 Å². The number of para-hydroxylation sites is 1. The zero-order valence-electron chi connectivity index (χ0n) is 21.0. The Morgan fingerprint density at radius 1 is 1.06 bits per heavy atom. The first-order chi connectivity index (χ1) is 17.5. The van der Waals surface area contributed by atoms with Crippen LogP contribution in [0.4, 0.5) is 14.5 Å². The Balaban J connectivity index is 1.18. The van der Waals surface area contributed by atoms with Crippen LogP contribution in [0.5, 0.6) is 0 Å². The average Bonchev–Trinajstić information content (AvgIpc) is 3.36. The van der Waals surface area contributed by atoms with Crippen molar-refractivity contribution in [2.24, 2.45) is 5.92 Å². The molecule has 0 amide bonds. The number of fused-ring (bicyclic) bond motifs is 3. The van der Waals surface area contributed by atoms with Crippen molar-refractivity contribution in [3.05, 3.63) is 65.4 Å². The van der Waals surface area contributed by atoms with E-state index in [4.69, 9.17) is 0 Å². The largest absolute Gasteiger partial charge is 0.378 e. The van der Waals surface area contributed by atoms with Crippen LogP contribution >= 0.6 is 0 Å². The first-order valence-electron chi connectivity index (χ1n) is 13.7. The standard InChI is InChI=1S/C30H36F2N4/c1-19-13-24-23-5-2-3-6-26(23)34-28(24)29(36(19)30-14-20(15-30)16-30)21-7-9-22(10-8-21)33-27-18-35(12-4-11-31)17-25(27)32/h2-3,5-10,19-20,25,27,29,33-34H,4,11-18H2,1H3/t19-,20?,25+,27-,29-,30?/m1/s1. The molecule has 36 heavy (non-hydrogen) atoms. The van der Waals surface area contributed by atoms with Gasteiger partial charge in [-0.05, 0) is 74.3 Å². The van der Waals surface area contributed by atoms with E-state index in [-0.39, 0.29) is 18.8 Å². The zero-order valence-corrected chi connectivity index (χ0v) is 21.0. The highest BCUT2D eigenvalue weighted by molar-refractivity contribution is 5.85. The summed E-state index contributed by atoms with van der Waals surface area (Å²) in [6.07, 6.45) is 4.63. The van der Waals surface area contributed by atoms with Gasteiger partial charge in [0, 0.05) is 53.5 Å². The first kappa shape index (κ1) is 22.7. The van der Waals surface area contributed by atoms with E-state index in [0.717, 1.165) is 18.0 Å². The number of hydrogen-bond donors (Lipinski definition) is 2. The Hall–Kier alpha value is -2.44. The van der Waals surface area contributed by atoms with Crippen LogP contribution in [0.25, 0.3) is 10.9 Å². The van der Waals surface area contributed by atoms with Crippen LogP contribution in [0, 0.1) is 5.92 Å². The highest BCUT2D eigenvalue weighted by Gasteiger charge is 2.63. The van der Waals surface area contributed by atoms with Crippen LogP contribution in [0.2, 0.25) is 0 Å². The van der Waals surface area contributed by atoms with Gasteiger partial charge in [-0.1, -0.05) is 30.3 Å². The van der Waals surface area contributed by atoms with Crippen molar-refractivity contribution in [3.8, 4) is 0 Å². The fraction of sp³-hybridized carbons (Fsp3) is 0.533. The van der Waals surface area contributed by atoms with Gasteiger partial charge in [0.05, 0.1) is 18.8 Å². The number of anilines is 1. The van der Waals surface area contributed by atoms with Crippen molar-refractivity contribution in [1.29, 1.82) is 0 Å². The molecule has 2 aliphatic heterocycles. The Bertz CT molecular complexity index is 1240. The van der Waals surface area contributed by atoms with Gasteiger partial charge < -0.3 is 10.3 Å². The molecule has 1 aromatic heterocycles. The summed E-state index contributed by atoms with van der Waals surface area (Å²) in [7, 11) is 0. The van der Waals surface area contributed by atoms with Crippen LogP contribution in [0.3, 0.4) is 0 Å². The number of nitrogens with zero attached hydrogens (tertiary/aromatic N) is 2. The number of rotatable bonds is 7. The van der Waals surface area contributed by atoms with E-state index < -0.39 is 6.17 Å². The number of hydrogen-bond acceptors (Lipinski definition) is 3. The third-order valence-corrected chi connectivity index (χ3v) is 9.44. The molecule has 2 aromatic carbocycles. The van der Waals surface area contributed by atoms with E-state index >= 15 is 0 Å². The minimum absolute atomic E-state index is 0.211. The quantitative estimate of drug-likeness (QED) is 0.436. The van der Waals surface area contributed by atoms with Gasteiger partial charge >= 0.3 is 0 Å². The smallest absolute Gasteiger partial charge is 0.134 e. The molecule has 4 fully saturated rings. The van der Waals surface area contributed by atoms with Crippen molar-refractivity contribution < 1.29 is 8.78 Å². The van der Waals surface area contributed by atoms with Crippen LogP contribution in [-0.4, -0.2) is 64.9 Å². The van der Waals surface area contributed by atoms with Crippen LogP contribution in [0.15, 0.2) is 48.5 Å². The summed E-state index contributed by atoms with van der Waals surface area (Å²) in [5.74, 6) is 0.929. The predicted molar refractivity (Wildman–Crippen MR) is 141 cm³/mol. The lowest BCUT2D eigenvalue weighted by molar-refractivity contribution is -0.174. The molecule has 1 saturated heterocycles. The summed E-state index contributed by atoms with van der Waals surface area (Å²) in [6.45, 7) is 3.70. The van der Waals surface area contributed by atoms with Gasteiger partial charge in [0.25, 0.3) is 0 Å². The minimum Gasteiger partial charge on any atom is -0.378 e. The number of likely N-dealkylation sites (tertiary alicyclic amines) is 1. The van der Waals surface area contributed by atoms with Crippen LogP contribution < -0.4 is 5.32 Å². The molecule has 3 aliphatic carbocycles. The van der Waals surface area contributed by atoms with Gasteiger partial charge in [0.1, 0.15) is 6.17 Å². The van der Waals surface area contributed by atoms with Gasteiger partial charge in [-0.2, -0.15) is 0 Å². The second-order valence-corrected chi connectivity index (χ2v) is 11.8. The van der Waals surface area contributed by atoms with Gasteiger partial charge in [-0.25, -0.2) is 4.39 Å². The maximum atomic E-state index is 14.7. The molecule has 4 nitrogen and oxygen atoms in total. The Morgan fingerprint density at radius 2 is 1.83 bits per heavy atom. The SMILES string of the molecule is C[C@@H]1Cc2c([nH]c3ccccc23)[C@@H](c2ccc(N[C@@H]3CN(CCCF)C[C@@H]3F)cc2)N1C12CC(C1)C2. The number of halogens is 2. The molecule has 0 radical (unpaired) electrons. The Kier molecular flexibility index (Phi) is 5.40. The Labute approximate surface area is 212 Å². The monoisotopic (exact) mass is 490 g/mol. The maximum Gasteiger partial charge on any atom is 0.134 e. The fourth-order valence-corrected chi connectivity index (χ4v) is 7.70. The lowest BCUT2D eigenvalue weighted by atomic mass is 9.48. The molecule has 2 N–H and O–H groups in total. The molecular weight excluding hydrogens is 454 g/mol. The van der Waals surface area contributed by atoms with E-state index in [1.807, 2.05) is 4.90 Å². The van der Waals surface area contributed by atoms with Gasteiger partial charge in [0.2, 0.25) is 0 Å². The fourth-order valence-electron chi connectivity index (χ4n) is 7.70. The van der Waals surface area contributed by atoms with Gasteiger partial charge in [-0.3, -0.25) is 14.2 Å². The summed E-state index contributed by atoms with van der Waals surface area (Å²) in [6, 6.07) is 17.9. The Morgan fingerprint density at radius 3 is 2.56 bits per heavy atom. The number of nitrogens with one attached hydrogen (secondary N) is 2. The molecule has 3 saturated carbocycles. The molecule has 5 aliphatic rings. The molecule has 6 heteroatoms. The van der Waals surface area contributed by atoms with Crippen LogP contribution in [-0.2, 0) is 6.42 Å². The van der Waals surface area contributed by atoms with Crippen molar-refractivity contribution >= 4 is 16.6 Å². The van der Waals surface area contributed by atoms with Gasteiger partial charge in [0.15, 0.2) is 0 Å². The summed E-state index contributed by atoms with van der Waals surface area (Å²) >= 11 is 0. The maximum absolute atomic E-state index is 14.7. The van der Waals surface area contributed by atoms with Crippen LogP contribution in [0.1, 0.15) is 55.5 Å². The van der Waals surface area contributed by atoms with Crippen molar-refractivity contribution in [2.45, 2.75) is 68.9 Å². The second kappa shape index (κ2) is 8.56. The van der Waals surface area contributed by atoms with E-state index in [0.29, 0.717) is 37.6 Å². The highest BCUT2D eigenvalue weighted by Crippen LogP contribution is 2.64. The molecule has 190 valence electrons.